The molecule has 0 atom stereocenters. The van der Waals surface area contributed by atoms with E-state index < -0.39 is 0 Å². The summed E-state index contributed by atoms with van der Waals surface area (Å²) in [7, 11) is 0. The van der Waals surface area contributed by atoms with E-state index in [1.807, 2.05) is 4.90 Å². The Kier molecular flexibility index (Phi) is 3.12. The van der Waals surface area contributed by atoms with Gasteiger partial charge in [-0.05, 0) is 6.42 Å². The second-order valence-corrected chi connectivity index (χ2v) is 4.09. The highest BCUT2D eigenvalue weighted by molar-refractivity contribution is 5.76. The number of unbranched alkanes of at least 4 members (excludes halogenated alkanes) is 1. The van der Waals surface area contributed by atoms with Gasteiger partial charge >= 0.3 is 0 Å². The van der Waals surface area contributed by atoms with Gasteiger partial charge in [0.25, 0.3) is 6.01 Å². The van der Waals surface area contributed by atoms with E-state index in [4.69, 9.17) is 10.2 Å². The molecule has 1 aliphatic rings. The molecule has 2 N–H and O–H groups in total. The van der Waals surface area contributed by atoms with Crippen molar-refractivity contribution in [2.24, 2.45) is 0 Å². The summed E-state index contributed by atoms with van der Waals surface area (Å²) in [5.74, 6) is 0.941. The summed E-state index contributed by atoms with van der Waals surface area (Å²) in [5, 5.41) is 0. The average molecular weight is 223 g/mol. The monoisotopic (exact) mass is 223 g/mol. The van der Waals surface area contributed by atoms with Crippen LogP contribution >= 0.6 is 0 Å². The van der Waals surface area contributed by atoms with E-state index in [0.717, 1.165) is 37.3 Å². The topological polar surface area (TPSA) is 72.4 Å². The SMILES string of the molecule is CCCCC(=O)N1CCc2nc(N)oc2C1. The molecule has 1 aromatic rings. The fourth-order valence-corrected chi connectivity index (χ4v) is 1.91. The van der Waals surface area contributed by atoms with Gasteiger partial charge in [-0.25, -0.2) is 0 Å². The molecular weight excluding hydrogens is 206 g/mol. The number of oxazole rings is 1. The molecule has 5 heteroatoms. The van der Waals surface area contributed by atoms with Crippen LogP contribution in [0.25, 0.3) is 0 Å². The van der Waals surface area contributed by atoms with Crippen molar-refractivity contribution in [2.45, 2.75) is 39.2 Å². The zero-order valence-electron chi connectivity index (χ0n) is 9.53. The van der Waals surface area contributed by atoms with Crippen molar-refractivity contribution in [3.05, 3.63) is 11.5 Å². The number of carbonyl (C=O) groups excluding carboxylic acids is 1. The number of anilines is 1. The highest BCUT2D eigenvalue weighted by Gasteiger charge is 2.24. The highest BCUT2D eigenvalue weighted by atomic mass is 16.4. The number of hydrogen-bond donors (Lipinski definition) is 1. The minimum atomic E-state index is 0.197. The molecule has 1 aromatic heterocycles. The van der Waals surface area contributed by atoms with E-state index >= 15 is 0 Å². The lowest BCUT2D eigenvalue weighted by molar-refractivity contribution is -0.132. The number of fused-ring (bicyclic) bond motifs is 1. The molecule has 2 heterocycles. The molecule has 0 fully saturated rings. The van der Waals surface area contributed by atoms with Crippen molar-refractivity contribution in [1.29, 1.82) is 0 Å². The van der Waals surface area contributed by atoms with E-state index in [0.29, 0.717) is 13.0 Å². The van der Waals surface area contributed by atoms with E-state index in [1.54, 1.807) is 0 Å². The van der Waals surface area contributed by atoms with E-state index in [9.17, 15) is 4.79 Å². The predicted octanol–water partition coefficient (Wildman–Crippen LogP) is 1.33. The van der Waals surface area contributed by atoms with Crippen molar-refractivity contribution in [1.82, 2.24) is 9.88 Å². The van der Waals surface area contributed by atoms with Crippen LogP contribution in [-0.2, 0) is 17.8 Å². The van der Waals surface area contributed by atoms with Crippen molar-refractivity contribution < 1.29 is 9.21 Å². The molecule has 2 rings (SSSR count). The lowest BCUT2D eigenvalue weighted by Gasteiger charge is -2.25. The van der Waals surface area contributed by atoms with Crippen molar-refractivity contribution in [3.8, 4) is 0 Å². The smallest absolute Gasteiger partial charge is 0.292 e. The molecule has 0 saturated carbocycles. The van der Waals surface area contributed by atoms with Gasteiger partial charge in [0, 0.05) is 19.4 Å². The average Bonchev–Trinajstić information content (AvgIpc) is 2.64. The Morgan fingerprint density at radius 2 is 2.44 bits per heavy atom. The Morgan fingerprint density at radius 1 is 1.62 bits per heavy atom. The number of aromatic nitrogens is 1. The fourth-order valence-electron chi connectivity index (χ4n) is 1.91. The molecule has 0 bridgehead atoms. The van der Waals surface area contributed by atoms with Gasteiger partial charge in [-0.15, -0.1) is 0 Å². The number of carbonyl (C=O) groups is 1. The molecule has 1 amide bonds. The number of amides is 1. The van der Waals surface area contributed by atoms with Crippen LogP contribution in [-0.4, -0.2) is 22.3 Å². The number of hydrogen-bond acceptors (Lipinski definition) is 4. The van der Waals surface area contributed by atoms with Crippen LogP contribution in [0.3, 0.4) is 0 Å². The van der Waals surface area contributed by atoms with Gasteiger partial charge in [-0.2, -0.15) is 4.98 Å². The quantitative estimate of drug-likeness (QED) is 0.839. The predicted molar refractivity (Wildman–Crippen MR) is 59.6 cm³/mol. The van der Waals surface area contributed by atoms with Gasteiger partial charge in [0.1, 0.15) is 5.76 Å². The Bertz CT molecular complexity index is 387. The standard InChI is InChI=1S/C11H17N3O2/c1-2-3-4-10(15)14-6-5-8-9(7-14)16-11(12)13-8/h2-7H2,1H3,(H2,12,13). The fraction of sp³-hybridized carbons (Fsp3) is 0.636. The van der Waals surface area contributed by atoms with Crippen LogP contribution in [0.5, 0.6) is 0 Å². The molecule has 5 nitrogen and oxygen atoms in total. The molecule has 0 aromatic carbocycles. The van der Waals surface area contributed by atoms with Crippen LogP contribution in [0.2, 0.25) is 0 Å². The van der Waals surface area contributed by atoms with Crippen molar-refractivity contribution >= 4 is 11.9 Å². The van der Waals surface area contributed by atoms with Gasteiger partial charge in [0.05, 0.1) is 12.2 Å². The summed E-state index contributed by atoms with van der Waals surface area (Å²) in [6, 6.07) is 0.202. The largest absolute Gasteiger partial charge is 0.427 e. The maximum atomic E-state index is 11.8. The lowest BCUT2D eigenvalue weighted by Crippen LogP contribution is -2.35. The molecular formula is C11H17N3O2. The first-order valence-electron chi connectivity index (χ1n) is 5.72. The summed E-state index contributed by atoms with van der Waals surface area (Å²) in [4.78, 5) is 17.7. The number of rotatable bonds is 3. The van der Waals surface area contributed by atoms with Crippen molar-refractivity contribution in [2.75, 3.05) is 12.3 Å². The van der Waals surface area contributed by atoms with E-state index in [2.05, 4.69) is 11.9 Å². The van der Waals surface area contributed by atoms with Gasteiger partial charge in [-0.3, -0.25) is 4.79 Å². The maximum Gasteiger partial charge on any atom is 0.292 e. The van der Waals surface area contributed by atoms with E-state index in [-0.39, 0.29) is 11.9 Å². The third-order valence-corrected chi connectivity index (χ3v) is 2.84. The first kappa shape index (κ1) is 11.0. The zero-order chi connectivity index (χ0) is 11.5. The highest BCUT2D eigenvalue weighted by Crippen LogP contribution is 2.21. The Hall–Kier alpha value is -1.52. The molecule has 1 aliphatic heterocycles. The van der Waals surface area contributed by atoms with Crippen LogP contribution in [0.1, 0.15) is 37.6 Å². The summed E-state index contributed by atoms with van der Waals surface area (Å²) in [5.41, 5.74) is 6.38. The van der Waals surface area contributed by atoms with Gasteiger partial charge in [0.2, 0.25) is 5.91 Å². The zero-order valence-corrected chi connectivity index (χ0v) is 9.53. The first-order valence-corrected chi connectivity index (χ1v) is 5.72. The number of nitrogens with two attached hydrogens (primary N) is 1. The van der Waals surface area contributed by atoms with E-state index in [1.165, 1.54) is 0 Å². The Morgan fingerprint density at radius 3 is 3.19 bits per heavy atom. The molecule has 16 heavy (non-hydrogen) atoms. The van der Waals surface area contributed by atoms with Gasteiger partial charge in [0.15, 0.2) is 0 Å². The molecule has 88 valence electrons. The Balaban J connectivity index is 1.99. The maximum absolute atomic E-state index is 11.8. The second-order valence-electron chi connectivity index (χ2n) is 4.09. The molecule has 0 radical (unpaired) electrons. The molecule has 0 unspecified atom stereocenters. The normalized spacial score (nSPS) is 14.9. The van der Waals surface area contributed by atoms with Gasteiger partial charge in [-0.1, -0.05) is 13.3 Å². The third kappa shape index (κ3) is 2.18. The third-order valence-electron chi connectivity index (χ3n) is 2.84. The van der Waals surface area contributed by atoms with Crippen LogP contribution in [0.15, 0.2) is 4.42 Å². The summed E-state index contributed by atoms with van der Waals surface area (Å²) in [6.07, 6.45) is 3.35. The summed E-state index contributed by atoms with van der Waals surface area (Å²) in [6.45, 7) is 3.32. The first-order chi connectivity index (χ1) is 7.70. The Labute approximate surface area is 94.6 Å². The number of nitrogen functional groups attached to an aromatic ring is 1. The second kappa shape index (κ2) is 4.55. The van der Waals surface area contributed by atoms with Gasteiger partial charge < -0.3 is 15.1 Å². The molecule has 0 saturated heterocycles. The molecule has 0 spiro atoms. The van der Waals surface area contributed by atoms with Crippen LogP contribution < -0.4 is 5.73 Å². The number of nitrogens with zero attached hydrogens (tertiary/aromatic N) is 2. The van der Waals surface area contributed by atoms with Crippen molar-refractivity contribution in [3.63, 3.8) is 0 Å². The minimum absolute atomic E-state index is 0.197. The summed E-state index contributed by atoms with van der Waals surface area (Å²) >= 11 is 0. The minimum Gasteiger partial charge on any atom is -0.427 e. The van der Waals surface area contributed by atoms with Crippen LogP contribution in [0, 0.1) is 0 Å². The van der Waals surface area contributed by atoms with Crippen LogP contribution in [0.4, 0.5) is 6.01 Å². The summed E-state index contributed by atoms with van der Waals surface area (Å²) < 4.78 is 5.26. The lowest BCUT2D eigenvalue weighted by atomic mass is 10.1. The molecule has 0 aliphatic carbocycles.